The highest BCUT2D eigenvalue weighted by molar-refractivity contribution is 7.80. The number of aryl methyl sites for hydroxylation is 3. The number of rotatable bonds is 5. The van der Waals surface area contributed by atoms with E-state index in [4.69, 9.17) is 21.7 Å². The fourth-order valence-electron chi connectivity index (χ4n) is 2.79. The monoisotopic (exact) mass is 348 g/mol. The molecule has 24 heavy (non-hydrogen) atoms. The van der Waals surface area contributed by atoms with Crippen molar-refractivity contribution in [3.63, 3.8) is 0 Å². The van der Waals surface area contributed by atoms with Crippen molar-refractivity contribution in [3.8, 4) is 0 Å². The Morgan fingerprint density at radius 2 is 1.79 bits per heavy atom. The Labute approximate surface area is 148 Å². The number of benzene rings is 1. The molecule has 0 bridgehead atoms. The minimum atomic E-state index is -0.366. The van der Waals surface area contributed by atoms with E-state index in [9.17, 15) is 4.79 Å². The highest BCUT2D eigenvalue weighted by atomic mass is 32.1. The van der Waals surface area contributed by atoms with Gasteiger partial charge in [-0.3, -0.25) is 0 Å². The Balaban J connectivity index is 2.42. The summed E-state index contributed by atoms with van der Waals surface area (Å²) in [5, 5.41) is 6.72. The number of carbonyl (C=O) groups excluding carboxylic acids is 1. The maximum absolute atomic E-state index is 12.6. The summed E-state index contributed by atoms with van der Waals surface area (Å²) in [5.41, 5.74) is 5.79. The molecule has 1 aliphatic rings. The molecule has 5 nitrogen and oxygen atoms in total. The van der Waals surface area contributed by atoms with Gasteiger partial charge in [0.05, 0.1) is 18.2 Å². The number of allylic oxidation sites excluding steroid dienone is 1. The third kappa shape index (κ3) is 3.94. The molecule has 130 valence electrons. The molecule has 1 aliphatic heterocycles. The van der Waals surface area contributed by atoms with Crippen LogP contribution >= 0.6 is 12.2 Å². The first-order chi connectivity index (χ1) is 11.3. The topological polar surface area (TPSA) is 59.6 Å². The summed E-state index contributed by atoms with van der Waals surface area (Å²) in [4.78, 5) is 12.6. The molecule has 1 aromatic carbocycles. The number of carbonyl (C=O) groups is 1. The van der Waals surface area contributed by atoms with Gasteiger partial charge in [-0.15, -0.1) is 0 Å². The number of hydrogen-bond acceptors (Lipinski definition) is 4. The maximum atomic E-state index is 12.6. The average Bonchev–Trinajstić information content (AvgIpc) is 2.50. The lowest BCUT2D eigenvalue weighted by molar-refractivity contribution is -0.140. The number of ether oxygens (including phenoxy) is 2. The number of methoxy groups -OCH3 is 1. The van der Waals surface area contributed by atoms with Gasteiger partial charge in [0, 0.05) is 12.8 Å². The Morgan fingerprint density at radius 1 is 1.12 bits per heavy atom. The van der Waals surface area contributed by atoms with E-state index in [1.165, 1.54) is 11.1 Å². The van der Waals surface area contributed by atoms with E-state index in [0.717, 1.165) is 11.1 Å². The van der Waals surface area contributed by atoms with Gasteiger partial charge in [0.2, 0.25) is 0 Å². The number of esters is 1. The summed E-state index contributed by atoms with van der Waals surface area (Å²) >= 11 is 5.28. The van der Waals surface area contributed by atoms with Gasteiger partial charge in [-0.25, -0.2) is 4.79 Å². The summed E-state index contributed by atoms with van der Waals surface area (Å²) in [6.07, 6.45) is 0. The van der Waals surface area contributed by atoms with Crippen molar-refractivity contribution in [1.29, 1.82) is 0 Å². The van der Waals surface area contributed by atoms with Crippen LogP contribution < -0.4 is 10.6 Å². The first-order valence-corrected chi connectivity index (χ1v) is 8.28. The quantitative estimate of drug-likeness (QED) is 0.485. The molecule has 0 saturated carbocycles. The van der Waals surface area contributed by atoms with Crippen molar-refractivity contribution in [2.24, 2.45) is 0 Å². The maximum Gasteiger partial charge on any atom is 0.338 e. The molecule has 2 rings (SSSR count). The molecule has 0 aliphatic carbocycles. The molecule has 2 N–H and O–H groups in total. The van der Waals surface area contributed by atoms with Crippen molar-refractivity contribution in [3.05, 3.63) is 45.7 Å². The Kier molecular flexibility index (Phi) is 5.96. The normalized spacial score (nSPS) is 17.4. The van der Waals surface area contributed by atoms with Gasteiger partial charge in [0.25, 0.3) is 0 Å². The summed E-state index contributed by atoms with van der Waals surface area (Å²) in [5.74, 6) is -0.366. The van der Waals surface area contributed by atoms with Crippen molar-refractivity contribution in [1.82, 2.24) is 10.6 Å². The van der Waals surface area contributed by atoms with E-state index >= 15 is 0 Å². The van der Waals surface area contributed by atoms with Gasteiger partial charge >= 0.3 is 5.97 Å². The first kappa shape index (κ1) is 18.4. The van der Waals surface area contributed by atoms with Gasteiger partial charge in [0.1, 0.15) is 6.61 Å². The van der Waals surface area contributed by atoms with Crippen LogP contribution in [-0.4, -0.2) is 31.4 Å². The third-order valence-electron chi connectivity index (χ3n) is 4.20. The Bertz CT molecular complexity index is 698. The van der Waals surface area contributed by atoms with Gasteiger partial charge in [-0.1, -0.05) is 12.1 Å². The number of nitrogens with one attached hydrogen (secondary N) is 2. The van der Waals surface area contributed by atoms with Gasteiger partial charge in [-0.05, 0) is 62.2 Å². The van der Waals surface area contributed by atoms with Crippen molar-refractivity contribution >= 4 is 23.3 Å². The number of thiocarbonyl (C=S) groups is 1. The smallest absolute Gasteiger partial charge is 0.338 e. The van der Waals surface area contributed by atoms with E-state index in [2.05, 4.69) is 36.6 Å². The number of hydrogen-bond donors (Lipinski definition) is 2. The largest absolute Gasteiger partial charge is 0.460 e. The van der Waals surface area contributed by atoms with E-state index in [1.807, 2.05) is 13.8 Å². The molecule has 6 heteroatoms. The molecule has 0 spiro atoms. The molecule has 1 heterocycles. The van der Waals surface area contributed by atoms with Crippen molar-refractivity contribution in [2.75, 3.05) is 20.3 Å². The second kappa shape index (κ2) is 7.77. The molecular weight excluding hydrogens is 324 g/mol. The van der Waals surface area contributed by atoms with Crippen molar-refractivity contribution in [2.45, 2.75) is 33.7 Å². The first-order valence-electron chi connectivity index (χ1n) is 7.87. The van der Waals surface area contributed by atoms with E-state index < -0.39 is 0 Å². The minimum Gasteiger partial charge on any atom is -0.460 e. The lowest BCUT2D eigenvalue weighted by atomic mass is 9.90. The lowest BCUT2D eigenvalue weighted by Crippen LogP contribution is -2.45. The van der Waals surface area contributed by atoms with Crippen LogP contribution in [0.4, 0.5) is 0 Å². The second-order valence-corrected chi connectivity index (χ2v) is 6.40. The molecule has 0 radical (unpaired) electrons. The minimum absolute atomic E-state index is 0.217. The Morgan fingerprint density at radius 3 is 2.46 bits per heavy atom. The Hall–Kier alpha value is -1.92. The molecule has 0 aromatic heterocycles. The van der Waals surface area contributed by atoms with Crippen LogP contribution in [0.1, 0.15) is 35.2 Å². The van der Waals surface area contributed by atoms with E-state index in [0.29, 0.717) is 23.0 Å². The average molecular weight is 348 g/mol. The molecule has 1 aromatic rings. The van der Waals surface area contributed by atoms with Crippen LogP contribution in [0.25, 0.3) is 0 Å². The molecule has 0 saturated heterocycles. The van der Waals surface area contributed by atoms with Crippen LogP contribution in [0.15, 0.2) is 23.4 Å². The second-order valence-electron chi connectivity index (χ2n) is 5.99. The van der Waals surface area contributed by atoms with Gasteiger partial charge in [0.15, 0.2) is 5.11 Å². The van der Waals surface area contributed by atoms with Gasteiger partial charge < -0.3 is 20.1 Å². The van der Waals surface area contributed by atoms with Crippen LogP contribution in [0.5, 0.6) is 0 Å². The molecule has 0 amide bonds. The zero-order chi connectivity index (χ0) is 17.9. The van der Waals surface area contributed by atoms with Crippen LogP contribution in [0.2, 0.25) is 0 Å². The SMILES string of the molecule is COCCOC(=O)C1=C(C)NC(=S)N[C@H]1c1cc(C)c(C)cc1C. The molecule has 0 unspecified atom stereocenters. The fraction of sp³-hybridized carbons (Fsp3) is 0.444. The molecular formula is C18H24N2O3S. The predicted octanol–water partition coefficient (Wildman–Crippen LogP) is 2.59. The summed E-state index contributed by atoms with van der Waals surface area (Å²) in [6.45, 7) is 8.60. The highest BCUT2D eigenvalue weighted by Crippen LogP contribution is 2.31. The van der Waals surface area contributed by atoms with E-state index in [-0.39, 0.29) is 18.6 Å². The fourth-order valence-corrected chi connectivity index (χ4v) is 3.06. The predicted molar refractivity (Wildman–Crippen MR) is 97.8 cm³/mol. The van der Waals surface area contributed by atoms with Crippen LogP contribution in [0.3, 0.4) is 0 Å². The highest BCUT2D eigenvalue weighted by Gasteiger charge is 2.32. The third-order valence-corrected chi connectivity index (χ3v) is 4.42. The summed E-state index contributed by atoms with van der Waals surface area (Å²) in [7, 11) is 1.57. The van der Waals surface area contributed by atoms with Crippen LogP contribution in [-0.2, 0) is 14.3 Å². The van der Waals surface area contributed by atoms with Crippen LogP contribution in [0, 0.1) is 20.8 Å². The molecule has 0 fully saturated rings. The van der Waals surface area contributed by atoms with E-state index in [1.54, 1.807) is 7.11 Å². The summed E-state index contributed by atoms with van der Waals surface area (Å²) < 4.78 is 10.3. The standard InChI is InChI=1S/C18H24N2O3S/c1-10-8-12(3)14(9-11(10)2)16-15(13(4)19-18(24)20-16)17(21)23-7-6-22-5/h8-9,16H,6-7H2,1-5H3,(H2,19,20,24)/t16-/m0/s1. The zero-order valence-electron chi connectivity index (χ0n) is 14.8. The van der Waals surface area contributed by atoms with Crippen molar-refractivity contribution < 1.29 is 14.3 Å². The summed E-state index contributed by atoms with van der Waals surface area (Å²) in [6, 6.07) is 3.90. The zero-order valence-corrected chi connectivity index (χ0v) is 15.6. The van der Waals surface area contributed by atoms with Gasteiger partial charge in [-0.2, -0.15) is 0 Å². The molecule has 1 atom stereocenters. The lowest BCUT2D eigenvalue weighted by Gasteiger charge is -2.31.